The van der Waals surface area contributed by atoms with Crippen molar-refractivity contribution in [1.82, 2.24) is 19.5 Å². The van der Waals surface area contributed by atoms with Crippen LogP contribution in [0.3, 0.4) is 0 Å². The van der Waals surface area contributed by atoms with Crippen LogP contribution in [0.2, 0.25) is 0 Å². The second kappa shape index (κ2) is 6.12. The van der Waals surface area contributed by atoms with Crippen LogP contribution in [-0.2, 0) is 17.8 Å². The van der Waals surface area contributed by atoms with E-state index in [4.69, 9.17) is 0 Å². The molecule has 6 heteroatoms. The molecule has 0 saturated carbocycles. The van der Waals surface area contributed by atoms with E-state index in [2.05, 4.69) is 39.2 Å². The number of carbonyl (C=O) groups is 1. The van der Waals surface area contributed by atoms with Crippen LogP contribution in [-0.4, -0.2) is 45.0 Å². The van der Waals surface area contributed by atoms with Gasteiger partial charge in [-0.15, -0.1) is 0 Å². The number of carbonyl (C=O) groups excluding carboxylic acids is 1. The normalized spacial score (nSPS) is 19.8. The number of benzene rings is 1. The van der Waals surface area contributed by atoms with Crippen LogP contribution in [0.15, 0.2) is 48.9 Å². The van der Waals surface area contributed by atoms with Gasteiger partial charge in [0.25, 0.3) is 0 Å². The predicted molar refractivity (Wildman–Crippen MR) is 98.9 cm³/mol. The molecule has 1 saturated heterocycles. The van der Waals surface area contributed by atoms with Crippen molar-refractivity contribution in [3.05, 3.63) is 60.0 Å². The first-order chi connectivity index (χ1) is 12.8. The van der Waals surface area contributed by atoms with E-state index >= 15 is 0 Å². The number of fused-ring (bicyclic) bond motifs is 2. The third-order valence-electron chi connectivity index (χ3n) is 5.58. The summed E-state index contributed by atoms with van der Waals surface area (Å²) in [4.78, 5) is 21.9. The molecule has 132 valence electrons. The number of nitrogens with zero attached hydrogens (tertiary/aromatic N) is 5. The van der Waals surface area contributed by atoms with Gasteiger partial charge in [0.05, 0.1) is 12.1 Å². The van der Waals surface area contributed by atoms with Gasteiger partial charge in [-0.25, -0.2) is 9.50 Å². The summed E-state index contributed by atoms with van der Waals surface area (Å²) in [5, 5.41) is 4.27. The Balaban J connectivity index is 1.32. The molecule has 4 heterocycles. The maximum atomic E-state index is 13.1. The summed E-state index contributed by atoms with van der Waals surface area (Å²) in [5.74, 6) is 1.25. The third kappa shape index (κ3) is 2.53. The van der Waals surface area contributed by atoms with Gasteiger partial charge in [-0.3, -0.25) is 4.79 Å². The quantitative estimate of drug-likeness (QED) is 0.713. The summed E-state index contributed by atoms with van der Waals surface area (Å²) in [6, 6.07) is 10.4. The van der Waals surface area contributed by atoms with E-state index in [1.165, 1.54) is 11.1 Å². The second-order valence-corrected chi connectivity index (χ2v) is 7.12. The Morgan fingerprint density at radius 1 is 1.08 bits per heavy atom. The number of anilines is 1. The largest absolute Gasteiger partial charge is 0.354 e. The second-order valence-electron chi connectivity index (χ2n) is 7.12. The lowest BCUT2D eigenvalue weighted by Crippen LogP contribution is -2.40. The van der Waals surface area contributed by atoms with Crippen molar-refractivity contribution in [1.29, 1.82) is 0 Å². The molecule has 5 rings (SSSR count). The average molecular weight is 347 g/mol. The number of amides is 1. The summed E-state index contributed by atoms with van der Waals surface area (Å²) >= 11 is 0. The molecule has 2 aliphatic heterocycles. The Morgan fingerprint density at radius 3 is 2.88 bits per heavy atom. The van der Waals surface area contributed by atoms with E-state index in [0.717, 1.165) is 50.4 Å². The van der Waals surface area contributed by atoms with E-state index in [0.29, 0.717) is 0 Å². The molecule has 0 bridgehead atoms. The zero-order chi connectivity index (χ0) is 17.5. The van der Waals surface area contributed by atoms with Crippen molar-refractivity contribution in [3.8, 4) is 0 Å². The molecule has 6 nitrogen and oxygen atoms in total. The fourth-order valence-electron chi connectivity index (χ4n) is 4.18. The highest BCUT2D eigenvalue weighted by atomic mass is 16.2. The highest BCUT2D eigenvalue weighted by Gasteiger charge is 2.33. The SMILES string of the molecule is O=C(C1CCN(c2nccn3nccc23)C1)N1CCc2ccccc2C1. The van der Waals surface area contributed by atoms with Gasteiger partial charge >= 0.3 is 0 Å². The average Bonchev–Trinajstić information content (AvgIpc) is 3.36. The number of rotatable bonds is 2. The van der Waals surface area contributed by atoms with E-state index in [1.54, 1.807) is 12.4 Å². The zero-order valence-corrected chi connectivity index (χ0v) is 14.6. The van der Waals surface area contributed by atoms with Crippen molar-refractivity contribution < 1.29 is 4.79 Å². The van der Waals surface area contributed by atoms with Crippen LogP contribution in [0.5, 0.6) is 0 Å². The first-order valence-corrected chi connectivity index (χ1v) is 9.18. The maximum absolute atomic E-state index is 13.1. The molecular weight excluding hydrogens is 326 g/mol. The van der Waals surface area contributed by atoms with E-state index < -0.39 is 0 Å². The molecule has 1 unspecified atom stereocenters. The van der Waals surface area contributed by atoms with Crippen molar-refractivity contribution in [2.45, 2.75) is 19.4 Å². The van der Waals surface area contributed by atoms with Crippen molar-refractivity contribution in [2.24, 2.45) is 5.92 Å². The van der Waals surface area contributed by atoms with Crippen molar-refractivity contribution >= 4 is 17.2 Å². The topological polar surface area (TPSA) is 53.7 Å². The highest BCUT2D eigenvalue weighted by molar-refractivity contribution is 5.81. The molecule has 1 aromatic carbocycles. The molecule has 1 amide bonds. The summed E-state index contributed by atoms with van der Waals surface area (Å²) in [6.45, 7) is 3.15. The molecule has 26 heavy (non-hydrogen) atoms. The molecule has 0 N–H and O–H groups in total. The smallest absolute Gasteiger partial charge is 0.227 e. The van der Waals surface area contributed by atoms with Crippen LogP contribution < -0.4 is 4.90 Å². The Hall–Kier alpha value is -2.89. The maximum Gasteiger partial charge on any atom is 0.227 e. The number of hydrogen-bond acceptors (Lipinski definition) is 4. The van der Waals surface area contributed by atoms with Gasteiger partial charge in [0.15, 0.2) is 5.82 Å². The summed E-state index contributed by atoms with van der Waals surface area (Å²) in [5.41, 5.74) is 3.65. The minimum Gasteiger partial charge on any atom is -0.354 e. The van der Waals surface area contributed by atoms with Crippen molar-refractivity contribution in [3.63, 3.8) is 0 Å². The fourth-order valence-corrected chi connectivity index (χ4v) is 4.18. The zero-order valence-electron chi connectivity index (χ0n) is 14.6. The van der Waals surface area contributed by atoms with Crippen LogP contribution in [0.4, 0.5) is 5.82 Å². The fraction of sp³-hybridized carbons (Fsp3) is 0.350. The van der Waals surface area contributed by atoms with Gasteiger partial charge in [0, 0.05) is 38.6 Å². The molecule has 3 aromatic rings. The van der Waals surface area contributed by atoms with Gasteiger partial charge in [-0.05, 0) is 30.0 Å². The lowest BCUT2D eigenvalue weighted by molar-refractivity contribution is -0.135. The van der Waals surface area contributed by atoms with Gasteiger partial charge < -0.3 is 9.80 Å². The lowest BCUT2D eigenvalue weighted by atomic mass is 9.98. The predicted octanol–water partition coefficient (Wildman–Crippen LogP) is 2.14. The van der Waals surface area contributed by atoms with Gasteiger partial charge in [0.1, 0.15) is 5.52 Å². The standard InChI is InChI=1S/C20H21N5O/c26-20(24-11-6-15-3-1-2-4-16(15)13-24)17-7-10-23(14-17)19-18-5-8-22-25(18)12-9-21-19/h1-5,8-9,12,17H,6-7,10-11,13-14H2. The van der Waals surface area contributed by atoms with E-state index in [9.17, 15) is 4.79 Å². The monoisotopic (exact) mass is 347 g/mol. The summed E-state index contributed by atoms with van der Waals surface area (Å²) in [6.07, 6.45) is 7.24. The summed E-state index contributed by atoms with van der Waals surface area (Å²) < 4.78 is 1.83. The third-order valence-corrected chi connectivity index (χ3v) is 5.58. The Bertz CT molecular complexity index is 965. The molecule has 1 fully saturated rings. The van der Waals surface area contributed by atoms with Crippen LogP contribution in [0.1, 0.15) is 17.5 Å². The first-order valence-electron chi connectivity index (χ1n) is 9.18. The molecular formula is C20H21N5O. The highest BCUT2D eigenvalue weighted by Crippen LogP contribution is 2.28. The molecule has 1 atom stereocenters. The van der Waals surface area contributed by atoms with Gasteiger partial charge in [0.2, 0.25) is 5.91 Å². The molecule has 0 spiro atoms. The molecule has 2 aliphatic rings. The molecule has 2 aromatic heterocycles. The Labute approximate surface area is 152 Å². The van der Waals surface area contributed by atoms with E-state index in [-0.39, 0.29) is 11.8 Å². The van der Waals surface area contributed by atoms with Gasteiger partial charge in [-0.1, -0.05) is 24.3 Å². The van der Waals surface area contributed by atoms with E-state index in [1.807, 2.05) is 21.7 Å². The Kier molecular flexibility index (Phi) is 3.62. The Morgan fingerprint density at radius 2 is 1.96 bits per heavy atom. The van der Waals surface area contributed by atoms with Crippen LogP contribution in [0, 0.1) is 5.92 Å². The minimum atomic E-state index is 0.0465. The lowest BCUT2D eigenvalue weighted by Gasteiger charge is -2.31. The molecule has 0 aliphatic carbocycles. The van der Waals surface area contributed by atoms with Gasteiger partial charge in [-0.2, -0.15) is 5.10 Å². The van der Waals surface area contributed by atoms with Crippen molar-refractivity contribution in [2.75, 3.05) is 24.5 Å². The van der Waals surface area contributed by atoms with Crippen LogP contribution >= 0.6 is 0 Å². The van der Waals surface area contributed by atoms with Crippen LogP contribution in [0.25, 0.3) is 5.52 Å². The minimum absolute atomic E-state index is 0.0465. The first kappa shape index (κ1) is 15.4. The summed E-state index contributed by atoms with van der Waals surface area (Å²) in [7, 11) is 0. The number of hydrogen-bond donors (Lipinski definition) is 0. The number of aromatic nitrogens is 3. The molecule has 0 radical (unpaired) electrons.